The van der Waals surface area contributed by atoms with E-state index in [9.17, 15) is 0 Å². The van der Waals surface area contributed by atoms with Crippen molar-refractivity contribution in [3.63, 3.8) is 0 Å². The van der Waals surface area contributed by atoms with Crippen LogP contribution in [0.3, 0.4) is 0 Å². The van der Waals surface area contributed by atoms with Crippen molar-refractivity contribution >= 4 is 11.5 Å². The molecule has 114 valence electrons. The summed E-state index contributed by atoms with van der Waals surface area (Å²) >= 11 is 0. The molecule has 0 bridgehead atoms. The third kappa shape index (κ3) is 2.28. The van der Waals surface area contributed by atoms with E-state index in [1.807, 2.05) is 36.4 Å². The molecule has 4 rings (SSSR count). The Morgan fingerprint density at radius 3 is 2.61 bits per heavy atom. The molecule has 0 fully saturated rings. The largest absolute Gasteiger partial charge is 0.497 e. The van der Waals surface area contributed by atoms with Crippen LogP contribution in [0.5, 0.6) is 5.75 Å². The Morgan fingerprint density at radius 1 is 1.09 bits per heavy atom. The summed E-state index contributed by atoms with van der Waals surface area (Å²) in [6.45, 7) is 0. The standard InChI is InChI=1S/C16H13N5O2/c1-22-12-4-2-10(3-5-12)11-8-14(17)21-15(9-11)19-16(20-21)13-6-7-18-23-13/h2-9H,17H2,1H3. The molecule has 0 spiro atoms. The van der Waals surface area contributed by atoms with Gasteiger partial charge in [-0.3, -0.25) is 0 Å². The molecule has 0 unspecified atom stereocenters. The highest BCUT2D eigenvalue weighted by Gasteiger charge is 2.12. The van der Waals surface area contributed by atoms with Gasteiger partial charge in [-0.2, -0.15) is 4.52 Å². The molecule has 0 aliphatic carbocycles. The number of benzene rings is 1. The van der Waals surface area contributed by atoms with Gasteiger partial charge in [0.25, 0.3) is 0 Å². The zero-order valence-electron chi connectivity index (χ0n) is 12.3. The van der Waals surface area contributed by atoms with Crippen molar-refractivity contribution in [1.29, 1.82) is 0 Å². The van der Waals surface area contributed by atoms with Crippen LogP contribution in [0.15, 0.2) is 53.2 Å². The molecule has 0 aliphatic rings. The van der Waals surface area contributed by atoms with Gasteiger partial charge in [-0.1, -0.05) is 17.3 Å². The molecule has 0 amide bonds. The van der Waals surface area contributed by atoms with E-state index in [0.29, 0.717) is 23.0 Å². The minimum Gasteiger partial charge on any atom is -0.497 e. The molecule has 0 atom stereocenters. The number of methoxy groups -OCH3 is 1. The third-order valence-corrected chi connectivity index (χ3v) is 3.55. The van der Waals surface area contributed by atoms with E-state index in [0.717, 1.165) is 16.9 Å². The van der Waals surface area contributed by atoms with E-state index in [1.165, 1.54) is 0 Å². The molecule has 0 radical (unpaired) electrons. The lowest BCUT2D eigenvalue weighted by Gasteiger charge is -2.06. The molecule has 0 aliphatic heterocycles. The number of rotatable bonds is 3. The second-order valence-corrected chi connectivity index (χ2v) is 4.98. The highest BCUT2D eigenvalue weighted by molar-refractivity contribution is 5.72. The lowest BCUT2D eigenvalue weighted by Crippen LogP contribution is -1.99. The van der Waals surface area contributed by atoms with Gasteiger partial charge in [-0.25, -0.2) is 4.98 Å². The maximum atomic E-state index is 6.11. The Morgan fingerprint density at radius 2 is 1.91 bits per heavy atom. The fraction of sp³-hybridized carbons (Fsp3) is 0.0625. The van der Waals surface area contributed by atoms with Crippen LogP contribution in [0, 0.1) is 0 Å². The van der Waals surface area contributed by atoms with Gasteiger partial charge in [0.1, 0.15) is 11.6 Å². The van der Waals surface area contributed by atoms with Crippen molar-refractivity contribution in [1.82, 2.24) is 19.8 Å². The lowest BCUT2D eigenvalue weighted by atomic mass is 10.1. The fourth-order valence-electron chi connectivity index (χ4n) is 2.39. The van der Waals surface area contributed by atoms with Crippen molar-refractivity contribution in [2.45, 2.75) is 0 Å². The maximum Gasteiger partial charge on any atom is 0.220 e. The normalized spacial score (nSPS) is 11.0. The summed E-state index contributed by atoms with van der Waals surface area (Å²) in [6.07, 6.45) is 1.55. The summed E-state index contributed by atoms with van der Waals surface area (Å²) in [5.41, 5.74) is 8.72. The lowest BCUT2D eigenvalue weighted by molar-refractivity contribution is 0.415. The molecule has 0 saturated carbocycles. The van der Waals surface area contributed by atoms with E-state index >= 15 is 0 Å². The fourth-order valence-corrected chi connectivity index (χ4v) is 2.39. The first-order chi connectivity index (χ1) is 11.2. The van der Waals surface area contributed by atoms with Crippen LogP contribution >= 0.6 is 0 Å². The first-order valence-electron chi connectivity index (χ1n) is 6.96. The molecule has 2 N–H and O–H groups in total. The van der Waals surface area contributed by atoms with Crippen molar-refractivity contribution in [3.8, 4) is 28.5 Å². The number of pyridine rings is 1. The number of nitrogens with zero attached hydrogens (tertiary/aromatic N) is 4. The van der Waals surface area contributed by atoms with Crippen LogP contribution in [0.1, 0.15) is 0 Å². The number of fused-ring (bicyclic) bond motifs is 1. The molecule has 3 aromatic heterocycles. The van der Waals surface area contributed by atoms with Crippen LogP contribution in [-0.4, -0.2) is 26.9 Å². The molecular formula is C16H13N5O2. The zero-order valence-corrected chi connectivity index (χ0v) is 12.3. The number of nitrogen functional groups attached to an aromatic ring is 1. The Labute approximate surface area is 131 Å². The Kier molecular flexibility index (Phi) is 2.97. The number of nitrogens with two attached hydrogens (primary N) is 1. The van der Waals surface area contributed by atoms with Crippen molar-refractivity contribution in [2.75, 3.05) is 12.8 Å². The molecule has 3 heterocycles. The predicted molar refractivity (Wildman–Crippen MR) is 84.9 cm³/mol. The average Bonchev–Trinajstić information content (AvgIpc) is 3.24. The second kappa shape index (κ2) is 5.13. The summed E-state index contributed by atoms with van der Waals surface area (Å²) in [4.78, 5) is 4.45. The molecule has 23 heavy (non-hydrogen) atoms. The van der Waals surface area contributed by atoms with Crippen molar-refractivity contribution < 1.29 is 9.26 Å². The van der Waals surface area contributed by atoms with Gasteiger partial charge in [-0.05, 0) is 35.4 Å². The van der Waals surface area contributed by atoms with Crippen LogP contribution in [0.25, 0.3) is 28.4 Å². The van der Waals surface area contributed by atoms with Crippen molar-refractivity contribution in [3.05, 3.63) is 48.7 Å². The third-order valence-electron chi connectivity index (χ3n) is 3.55. The van der Waals surface area contributed by atoms with Crippen LogP contribution < -0.4 is 10.5 Å². The summed E-state index contributed by atoms with van der Waals surface area (Å²) in [6, 6.07) is 13.2. The Balaban J connectivity index is 1.82. The number of anilines is 1. The van der Waals surface area contributed by atoms with Gasteiger partial charge in [0.2, 0.25) is 11.6 Å². The van der Waals surface area contributed by atoms with Crippen LogP contribution in [0.2, 0.25) is 0 Å². The van der Waals surface area contributed by atoms with E-state index < -0.39 is 0 Å². The Bertz CT molecular complexity index is 958. The molecule has 0 saturated heterocycles. The van der Waals surface area contributed by atoms with Gasteiger partial charge in [-0.15, -0.1) is 5.10 Å². The summed E-state index contributed by atoms with van der Waals surface area (Å²) in [5, 5.41) is 8.01. The first-order valence-corrected chi connectivity index (χ1v) is 6.96. The number of hydrogen-bond acceptors (Lipinski definition) is 6. The Hall–Kier alpha value is -3.35. The topological polar surface area (TPSA) is 91.5 Å². The minimum atomic E-state index is 0.445. The first kappa shape index (κ1) is 13.3. The second-order valence-electron chi connectivity index (χ2n) is 4.98. The van der Waals surface area contributed by atoms with Gasteiger partial charge in [0.05, 0.1) is 13.3 Å². The molecule has 7 nitrogen and oxygen atoms in total. The van der Waals surface area contributed by atoms with Gasteiger partial charge >= 0.3 is 0 Å². The molecule has 1 aromatic carbocycles. The monoisotopic (exact) mass is 307 g/mol. The van der Waals surface area contributed by atoms with E-state index in [-0.39, 0.29) is 0 Å². The summed E-state index contributed by atoms with van der Waals surface area (Å²) in [7, 11) is 1.64. The number of aromatic nitrogens is 4. The average molecular weight is 307 g/mol. The highest BCUT2D eigenvalue weighted by atomic mass is 16.5. The molecule has 4 aromatic rings. The smallest absolute Gasteiger partial charge is 0.220 e. The number of hydrogen-bond donors (Lipinski definition) is 1. The number of ether oxygens (including phenoxy) is 1. The van der Waals surface area contributed by atoms with Gasteiger partial charge in [0, 0.05) is 6.07 Å². The SMILES string of the molecule is COc1ccc(-c2cc(N)n3nc(-c4ccno4)nc3c2)cc1. The summed E-state index contributed by atoms with van der Waals surface area (Å²) in [5.74, 6) is 2.24. The minimum absolute atomic E-state index is 0.445. The highest BCUT2D eigenvalue weighted by Crippen LogP contribution is 2.26. The molecular weight excluding hydrogens is 294 g/mol. The quantitative estimate of drug-likeness (QED) is 0.625. The van der Waals surface area contributed by atoms with Gasteiger partial charge < -0.3 is 15.0 Å². The predicted octanol–water partition coefficient (Wildman–Crippen LogP) is 2.64. The summed E-state index contributed by atoms with van der Waals surface area (Å²) < 4.78 is 11.8. The van der Waals surface area contributed by atoms with Crippen molar-refractivity contribution in [2.24, 2.45) is 0 Å². The van der Waals surface area contributed by atoms with Gasteiger partial charge in [0.15, 0.2) is 5.65 Å². The van der Waals surface area contributed by atoms with E-state index in [1.54, 1.807) is 23.9 Å². The van der Waals surface area contributed by atoms with E-state index in [2.05, 4.69) is 15.2 Å². The van der Waals surface area contributed by atoms with Crippen LogP contribution in [-0.2, 0) is 0 Å². The van der Waals surface area contributed by atoms with E-state index in [4.69, 9.17) is 15.0 Å². The van der Waals surface area contributed by atoms with Crippen LogP contribution in [0.4, 0.5) is 5.82 Å². The molecule has 7 heteroatoms. The maximum absolute atomic E-state index is 6.11. The zero-order chi connectivity index (χ0) is 15.8.